The summed E-state index contributed by atoms with van der Waals surface area (Å²) in [5.74, 6) is 0. The van der Waals surface area contributed by atoms with Crippen molar-refractivity contribution in [1.29, 1.82) is 0 Å². The molecule has 11 aromatic rings. The third-order valence-electron chi connectivity index (χ3n) is 10.9. The highest BCUT2D eigenvalue weighted by Crippen LogP contribution is 2.45. The smallest absolute Gasteiger partial charge is 0.0546 e. The van der Waals surface area contributed by atoms with E-state index in [1.54, 1.807) is 0 Å². The van der Waals surface area contributed by atoms with E-state index in [-0.39, 0.29) is 0 Å². The van der Waals surface area contributed by atoms with Crippen molar-refractivity contribution in [3.63, 3.8) is 0 Å². The number of hydrogen-bond acceptors (Lipinski definition) is 1. The Hall–Kier alpha value is -6.90. The molecule has 1 aromatic heterocycles. The minimum Gasteiger partial charge on any atom is -0.310 e. The Bertz CT molecular complexity index is 3130. The van der Waals surface area contributed by atoms with Crippen molar-refractivity contribution >= 4 is 92.7 Å². The van der Waals surface area contributed by atoms with Crippen molar-refractivity contribution in [2.75, 3.05) is 4.90 Å². The highest BCUT2D eigenvalue weighted by atomic mass is 15.1. The second-order valence-electron chi connectivity index (χ2n) is 13.7. The zero-order valence-corrected chi connectivity index (χ0v) is 28.4. The van der Waals surface area contributed by atoms with Gasteiger partial charge in [-0.25, -0.2) is 0 Å². The number of anilines is 3. The molecule has 2 nitrogen and oxygen atoms in total. The topological polar surface area (TPSA) is 8.17 Å². The van der Waals surface area contributed by atoms with Crippen molar-refractivity contribution in [3.8, 4) is 5.69 Å². The average Bonchev–Trinajstić information content (AvgIpc) is 3.55. The van der Waals surface area contributed by atoms with Crippen LogP contribution in [0.15, 0.2) is 194 Å². The van der Waals surface area contributed by atoms with Crippen molar-refractivity contribution in [2.45, 2.75) is 0 Å². The number of nitrogens with zero attached hydrogens (tertiary/aromatic N) is 2. The molecular weight excluding hydrogens is 629 g/mol. The normalized spacial score (nSPS) is 11.8. The van der Waals surface area contributed by atoms with Crippen LogP contribution in [0.4, 0.5) is 17.1 Å². The molecule has 0 aliphatic carbocycles. The quantitative estimate of drug-likeness (QED) is 0.171. The van der Waals surface area contributed by atoms with Gasteiger partial charge < -0.3 is 9.47 Å². The van der Waals surface area contributed by atoms with Gasteiger partial charge in [-0.1, -0.05) is 140 Å². The SMILES string of the molecule is c1ccc2cc(N(c3ccc(-n4c5ccccc5c5ccccc54)cc3)c3cc4ccc5ccc6ccccc6c5c4c4ccccc34)ccc2c1. The summed E-state index contributed by atoms with van der Waals surface area (Å²) in [5.41, 5.74) is 6.95. The first-order chi connectivity index (χ1) is 25.8. The molecule has 52 heavy (non-hydrogen) atoms. The maximum atomic E-state index is 2.44. The third-order valence-corrected chi connectivity index (χ3v) is 10.9. The lowest BCUT2D eigenvalue weighted by molar-refractivity contribution is 1.17. The van der Waals surface area contributed by atoms with Crippen LogP contribution in [0.2, 0.25) is 0 Å². The van der Waals surface area contributed by atoms with Gasteiger partial charge in [-0.15, -0.1) is 0 Å². The second-order valence-corrected chi connectivity index (χ2v) is 13.7. The average molecular weight is 661 g/mol. The molecule has 0 spiro atoms. The van der Waals surface area contributed by atoms with Crippen LogP contribution in [-0.2, 0) is 0 Å². The summed E-state index contributed by atoms with van der Waals surface area (Å²) in [6.45, 7) is 0. The van der Waals surface area contributed by atoms with Gasteiger partial charge in [-0.05, 0) is 103 Å². The van der Waals surface area contributed by atoms with E-state index in [9.17, 15) is 0 Å². The first-order valence-electron chi connectivity index (χ1n) is 17.9. The lowest BCUT2D eigenvalue weighted by Crippen LogP contribution is -2.11. The van der Waals surface area contributed by atoms with Gasteiger partial charge in [0.25, 0.3) is 0 Å². The van der Waals surface area contributed by atoms with Crippen molar-refractivity contribution in [1.82, 2.24) is 4.57 Å². The van der Waals surface area contributed by atoms with Crippen LogP contribution < -0.4 is 4.90 Å². The van der Waals surface area contributed by atoms with Gasteiger partial charge in [0.15, 0.2) is 0 Å². The number of para-hydroxylation sites is 2. The van der Waals surface area contributed by atoms with E-state index < -0.39 is 0 Å². The van der Waals surface area contributed by atoms with E-state index in [0.717, 1.165) is 22.7 Å². The minimum absolute atomic E-state index is 1.11. The molecule has 0 radical (unpaired) electrons. The minimum atomic E-state index is 1.11. The van der Waals surface area contributed by atoms with Gasteiger partial charge in [0.2, 0.25) is 0 Å². The van der Waals surface area contributed by atoms with E-state index in [0.29, 0.717) is 0 Å². The Kier molecular flexibility index (Phi) is 6.28. The Balaban J connectivity index is 1.18. The number of fused-ring (bicyclic) bond motifs is 11. The molecule has 0 N–H and O–H groups in total. The molecule has 0 atom stereocenters. The maximum absolute atomic E-state index is 2.44. The first kappa shape index (κ1) is 28.9. The summed E-state index contributed by atoms with van der Waals surface area (Å²) < 4.78 is 2.38. The number of hydrogen-bond donors (Lipinski definition) is 0. The molecule has 10 aromatic carbocycles. The van der Waals surface area contributed by atoms with Crippen molar-refractivity contribution < 1.29 is 0 Å². The molecule has 242 valence electrons. The lowest BCUT2D eigenvalue weighted by atomic mass is 9.92. The van der Waals surface area contributed by atoms with Crippen LogP contribution in [0.5, 0.6) is 0 Å². The molecule has 0 aliphatic heterocycles. The fourth-order valence-electron chi connectivity index (χ4n) is 8.55. The second kappa shape index (κ2) is 11.3. The highest BCUT2D eigenvalue weighted by molar-refractivity contribution is 6.29. The molecule has 11 rings (SSSR count). The molecular formula is C50H32N2. The number of aromatic nitrogens is 1. The van der Waals surface area contributed by atoms with Gasteiger partial charge in [0.05, 0.1) is 16.7 Å². The van der Waals surface area contributed by atoms with Gasteiger partial charge >= 0.3 is 0 Å². The third kappa shape index (κ3) is 4.31. The van der Waals surface area contributed by atoms with Crippen LogP contribution in [-0.4, -0.2) is 4.57 Å². The molecule has 1 heterocycles. The largest absolute Gasteiger partial charge is 0.310 e. The van der Waals surface area contributed by atoms with E-state index in [1.165, 1.54) is 75.7 Å². The summed E-state index contributed by atoms with van der Waals surface area (Å²) >= 11 is 0. The molecule has 0 fully saturated rings. The highest BCUT2D eigenvalue weighted by Gasteiger charge is 2.20. The molecule has 0 bridgehead atoms. The number of rotatable bonds is 4. The molecule has 0 aliphatic rings. The van der Waals surface area contributed by atoms with E-state index >= 15 is 0 Å². The summed E-state index contributed by atoms with van der Waals surface area (Å²) in [4.78, 5) is 2.44. The summed E-state index contributed by atoms with van der Waals surface area (Å²) in [6, 6.07) is 71.1. The maximum Gasteiger partial charge on any atom is 0.0546 e. The predicted molar refractivity (Wildman–Crippen MR) is 223 cm³/mol. The summed E-state index contributed by atoms with van der Waals surface area (Å²) in [6.07, 6.45) is 0. The molecule has 0 unspecified atom stereocenters. The Morgan fingerprint density at radius 3 is 1.54 bits per heavy atom. The van der Waals surface area contributed by atoms with Gasteiger partial charge in [0.1, 0.15) is 0 Å². The monoisotopic (exact) mass is 660 g/mol. The fourth-order valence-corrected chi connectivity index (χ4v) is 8.55. The molecule has 0 amide bonds. The van der Waals surface area contributed by atoms with Crippen LogP contribution >= 0.6 is 0 Å². The summed E-state index contributed by atoms with van der Waals surface area (Å²) in [7, 11) is 0. The Labute approximate surface area is 301 Å². The molecule has 0 saturated heterocycles. The van der Waals surface area contributed by atoms with Crippen molar-refractivity contribution in [3.05, 3.63) is 194 Å². The Morgan fingerprint density at radius 1 is 0.308 bits per heavy atom. The van der Waals surface area contributed by atoms with Gasteiger partial charge in [0, 0.05) is 33.2 Å². The predicted octanol–water partition coefficient (Wildman–Crippen LogP) is 14.0. The fraction of sp³-hybridized carbons (Fsp3) is 0. The van der Waals surface area contributed by atoms with Crippen LogP contribution in [0.25, 0.3) is 81.4 Å². The lowest BCUT2D eigenvalue weighted by Gasteiger charge is -2.28. The van der Waals surface area contributed by atoms with E-state index in [2.05, 4.69) is 204 Å². The Morgan fingerprint density at radius 2 is 0.808 bits per heavy atom. The van der Waals surface area contributed by atoms with Crippen molar-refractivity contribution in [2.24, 2.45) is 0 Å². The zero-order chi connectivity index (χ0) is 34.2. The standard InChI is InChI=1S/C50H32N2/c1-2-13-36-31-40(26-25-33(36)11-1)51(38-27-29-39(30-28-38)52-46-19-9-7-15-42(46)43-16-8-10-20-47(43)52)48-32-37-24-23-35-22-21-34-12-3-4-14-41(34)49(35)50(37)45-18-6-5-17-44(45)48/h1-32H. The van der Waals surface area contributed by atoms with Crippen LogP contribution in [0, 0.1) is 0 Å². The zero-order valence-electron chi connectivity index (χ0n) is 28.4. The van der Waals surface area contributed by atoms with Crippen LogP contribution in [0.1, 0.15) is 0 Å². The molecule has 2 heteroatoms. The summed E-state index contributed by atoms with van der Waals surface area (Å²) in [5, 5.41) is 15.1. The number of benzene rings is 10. The van der Waals surface area contributed by atoms with Crippen LogP contribution in [0.3, 0.4) is 0 Å². The van der Waals surface area contributed by atoms with E-state index in [4.69, 9.17) is 0 Å². The first-order valence-corrected chi connectivity index (χ1v) is 17.9. The molecule has 0 saturated carbocycles. The van der Waals surface area contributed by atoms with Gasteiger partial charge in [-0.3, -0.25) is 0 Å². The van der Waals surface area contributed by atoms with E-state index in [1.807, 2.05) is 0 Å². The van der Waals surface area contributed by atoms with Gasteiger partial charge in [-0.2, -0.15) is 0 Å².